The maximum atomic E-state index is 12.6. The Bertz CT molecular complexity index is 1250. The summed E-state index contributed by atoms with van der Waals surface area (Å²) in [5.41, 5.74) is 4.84. The van der Waals surface area contributed by atoms with Crippen molar-refractivity contribution in [3.8, 4) is 11.1 Å². The zero-order chi connectivity index (χ0) is 24.5. The van der Waals surface area contributed by atoms with Crippen LogP contribution in [-0.4, -0.2) is 45.5 Å². The first-order valence-corrected chi connectivity index (χ1v) is 11.6. The minimum absolute atomic E-state index is 0.0503. The number of amides is 2. The Balaban J connectivity index is 1.17. The number of nitrogens with zero attached hydrogens (tertiary/aromatic N) is 2. The molecule has 1 fully saturated rings. The van der Waals surface area contributed by atoms with Crippen LogP contribution in [0.2, 0.25) is 0 Å². The second-order valence-electron chi connectivity index (χ2n) is 9.09. The Morgan fingerprint density at radius 3 is 2.31 bits per heavy atom. The van der Waals surface area contributed by atoms with Gasteiger partial charge in [-0.25, -0.2) is 4.79 Å². The molecule has 35 heavy (non-hydrogen) atoms. The second-order valence-corrected chi connectivity index (χ2v) is 9.09. The number of aliphatic carboxylic acids is 1. The molecule has 1 aromatic heterocycles. The number of carboxylic acid groups (broad SMARTS) is 1. The van der Waals surface area contributed by atoms with Crippen LogP contribution in [0.5, 0.6) is 0 Å². The zero-order valence-electron chi connectivity index (χ0n) is 19.2. The van der Waals surface area contributed by atoms with Crippen LogP contribution in [0.1, 0.15) is 46.8 Å². The van der Waals surface area contributed by atoms with E-state index in [1.54, 1.807) is 7.05 Å². The summed E-state index contributed by atoms with van der Waals surface area (Å²) in [5, 5.41) is 18.5. The third kappa shape index (κ3) is 4.62. The van der Waals surface area contributed by atoms with Crippen LogP contribution in [0.4, 0.5) is 10.6 Å². The molecule has 9 heteroatoms. The van der Waals surface area contributed by atoms with Gasteiger partial charge in [0.1, 0.15) is 12.3 Å². The summed E-state index contributed by atoms with van der Waals surface area (Å²) in [6.07, 6.45) is 0.751. The van der Waals surface area contributed by atoms with Crippen molar-refractivity contribution in [3.63, 3.8) is 0 Å². The molecule has 0 saturated heterocycles. The first kappa shape index (κ1) is 22.6. The normalized spacial score (nSPS) is 18.2. The highest BCUT2D eigenvalue weighted by molar-refractivity contribution is 5.94. The Morgan fingerprint density at radius 1 is 1.06 bits per heavy atom. The van der Waals surface area contributed by atoms with Gasteiger partial charge in [-0.3, -0.25) is 19.6 Å². The van der Waals surface area contributed by atoms with E-state index in [2.05, 4.69) is 40.0 Å². The molecular weight excluding hydrogens is 448 g/mol. The Morgan fingerprint density at radius 2 is 1.69 bits per heavy atom. The van der Waals surface area contributed by atoms with E-state index in [9.17, 15) is 14.4 Å². The van der Waals surface area contributed by atoms with Gasteiger partial charge in [-0.1, -0.05) is 48.5 Å². The topological polar surface area (TPSA) is 123 Å². The molecule has 0 aliphatic heterocycles. The third-order valence-electron chi connectivity index (χ3n) is 6.72. The van der Waals surface area contributed by atoms with Gasteiger partial charge in [-0.15, -0.1) is 0 Å². The van der Waals surface area contributed by atoms with Gasteiger partial charge in [0.05, 0.1) is 0 Å². The van der Waals surface area contributed by atoms with Gasteiger partial charge < -0.3 is 15.2 Å². The van der Waals surface area contributed by atoms with Crippen molar-refractivity contribution >= 4 is 23.8 Å². The number of hydrogen-bond acceptors (Lipinski definition) is 5. The molecule has 0 radical (unpaired) electrons. The van der Waals surface area contributed by atoms with Crippen LogP contribution in [0, 0.1) is 5.92 Å². The number of aryl methyl sites for hydroxylation is 1. The van der Waals surface area contributed by atoms with Crippen molar-refractivity contribution in [2.45, 2.75) is 31.2 Å². The highest BCUT2D eigenvalue weighted by atomic mass is 16.5. The van der Waals surface area contributed by atoms with Gasteiger partial charge in [-0.05, 0) is 41.0 Å². The number of carboxylic acids is 1. The van der Waals surface area contributed by atoms with E-state index in [1.165, 1.54) is 10.7 Å². The van der Waals surface area contributed by atoms with E-state index in [4.69, 9.17) is 9.84 Å². The molecule has 3 N–H and O–H groups in total. The fourth-order valence-electron chi connectivity index (χ4n) is 5.01. The van der Waals surface area contributed by atoms with Gasteiger partial charge in [0.15, 0.2) is 5.82 Å². The molecule has 0 bridgehead atoms. The van der Waals surface area contributed by atoms with Crippen molar-refractivity contribution in [1.29, 1.82) is 0 Å². The molecule has 2 amide bonds. The van der Waals surface area contributed by atoms with Crippen molar-refractivity contribution in [2.75, 3.05) is 11.9 Å². The summed E-state index contributed by atoms with van der Waals surface area (Å²) in [4.78, 5) is 35.9. The number of fused-ring (bicyclic) bond motifs is 3. The predicted octanol–water partition coefficient (Wildman–Crippen LogP) is 3.76. The molecule has 0 atom stereocenters. The van der Waals surface area contributed by atoms with Crippen LogP contribution in [0.15, 0.2) is 54.6 Å². The fourth-order valence-corrected chi connectivity index (χ4v) is 5.01. The zero-order valence-corrected chi connectivity index (χ0v) is 19.2. The average molecular weight is 475 g/mol. The summed E-state index contributed by atoms with van der Waals surface area (Å²) in [7, 11) is 1.62. The summed E-state index contributed by atoms with van der Waals surface area (Å²) >= 11 is 0. The second kappa shape index (κ2) is 9.25. The smallest absolute Gasteiger partial charge is 0.412 e. The van der Waals surface area contributed by atoms with Gasteiger partial charge in [0.2, 0.25) is 0 Å². The number of benzene rings is 2. The van der Waals surface area contributed by atoms with E-state index in [-0.39, 0.29) is 42.6 Å². The Labute approximate surface area is 202 Å². The lowest BCUT2D eigenvalue weighted by Gasteiger charge is -2.34. The number of nitrogens with one attached hydrogen (secondary N) is 2. The number of anilines is 1. The number of hydrogen-bond donors (Lipinski definition) is 3. The molecule has 5 rings (SSSR count). The van der Waals surface area contributed by atoms with E-state index in [1.807, 2.05) is 24.3 Å². The number of ether oxygens (including phenoxy) is 1. The van der Waals surface area contributed by atoms with Gasteiger partial charge in [0.25, 0.3) is 5.91 Å². The van der Waals surface area contributed by atoms with Crippen molar-refractivity contribution in [3.05, 3.63) is 71.4 Å². The largest absolute Gasteiger partial charge is 0.481 e. The first-order valence-electron chi connectivity index (χ1n) is 11.6. The lowest BCUT2D eigenvalue weighted by Crippen LogP contribution is -2.45. The maximum Gasteiger partial charge on any atom is 0.412 e. The number of rotatable bonds is 7. The summed E-state index contributed by atoms with van der Waals surface area (Å²) < 4.78 is 6.93. The number of aromatic nitrogens is 2. The van der Waals surface area contributed by atoms with E-state index in [0.29, 0.717) is 18.5 Å². The predicted molar refractivity (Wildman–Crippen MR) is 128 cm³/mol. The molecule has 2 aliphatic rings. The minimum Gasteiger partial charge on any atom is -0.481 e. The summed E-state index contributed by atoms with van der Waals surface area (Å²) in [6, 6.07) is 17.6. The van der Waals surface area contributed by atoms with Gasteiger partial charge in [-0.2, -0.15) is 5.10 Å². The molecule has 0 unspecified atom stereocenters. The molecule has 9 nitrogen and oxygen atoms in total. The van der Waals surface area contributed by atoms with Crippen LogP contribution < -0.4 is 10.6 Å². The molecule has 2 aromatic carbocycles. The van der Waals surface area contributed by atoms with Crippen LogP contribution in [0.3, 0.4) is 0 Å². The van der Waals surface area contributed by atoms with Crippen molar-refractivity contribution < 1.29 is 24.2 Å². The van der Waals surface area contributed by atoms with Crippen molar-refractivity contribution in [1.82, 2.24) is 15.1 Å². The van der Waals surface area contributed by atoms with Crippen LogP contribution >= 0.6 is 0 Å². The Kier molecular flexibility index (Phi) is 5.98. The maximum absolute atomic E-state index is 12.6. The highest BCUT2D eigenvalue weighted by Crippen LogP contribution is 2.44. The fraction of sp³-hybridized carbons (Fsp3) is 0.308. The minimum atomic E-state index is -0.824. The lowest BCUT2D eigenvalue weighted by atomic mass is 9.78. The van der Waals surface area contributed by atoms with Crippen LogP contribution in [-0.2, 0) is 16.6 Å². The molecular formula is C26H26N4O5. The van der Waals surface area contributed by atoms with Crippen LogP contribution in [0.25, 0.3) is 11.1 Å². The number of carbonyl (C=O) groups excluding carboxylic acids is 2. The monoisotopic (exact) mass is 474 g/mol. The molecule has 0 spiro atoms. The SMILES string of the molecule is Cn1nc(NC(=O)OCC2c3ccccc3-c3ccccc32)cc1C(=O)NC1CC(CC(=O)O)C1. The van der Waals surface area contributed by atoms with E-state index >= 15 is 0 Å². The number of carbonyl (C=O) groups is 3. The molecule has 1 heterocycles. The molecule has 180 valence electrons. The third-order valence-corrected chi connectivity index (χ3v) is 6.72. The Hall–Kier alpha value is -4.14. The van der Waals surface area contributed by atoms with Gasteiger partial charge >= 0.3 is 12.1 Å². The first-order chi connectivity index (χ1) is 16.9. The highest BCUT2D eigenvalue weighted by Gasteiger charge is 2.33. The van der Waals surface area contributed by atoms with Crippen molar-refractivity contribution in [2.24, 2.45) is 13.0 Å². The molecule has 2 aliphatic carbocycles. The molecule has 1 saturated carbocycles. The standard InChI is InChI=1S/C26H26N4O5/c1-30-22(25(33)27-16-10-15(11-16)12-24(31)32)13-23(29-30)28-26(34)35-14-21-19-8-4-2-6-17(19)18-7-3-5-9-20(18)21/h2-9,13,15-16,21H,10-12,14H2,1H3,(H,27,33)(H,31,32)(H,28,29,34). The summed E-state index contributed by atoms with van der Waals surface area (Å²) in [6.45, 7) is 0.180. The average Bonchev–Trinajstić information content (AvgIpc) is 3.33. The molecule has 3 aromatic rings. The quantitative estimate of drug-likeness (QED) is 0.479. The van der Waals surface area contributed by atoms with Gasteiger partial charge in [0, 0.05) is 31.5 Å². The van der Waals surface area contributed by atoms with E-state index in [0.717, 1.165) is 22.3 Å². The lowest BCUT2D eigenvalue weighted by molar-refractivity contribution is -0.138. The van der Waals surface area contributed by atoms with E-state index < -0.39 is 12.1 Å². The summed E-state index contributed by atoms with van der Waals surface area (Å²) in [5.74, 6) is -0.886.